The van der Waals surface area contributed by atoms with Gasteiger partial charge in [0.25, 0.3) is 0 Å². The van der Waals surface area contributed by atoms with Gasteiger partial charge in [-0.05, 0) is 26.2 Å². The molecule has 1 aliphatic carbocycles. The fourth-order valence-electron chi connectivity index (χ4n) is 2.00. The van der Waals surface area contributed by atoms with E-state index in [1.165, 1.54) is 19.3 Å². The summed E-state index contributed by atoms with van der Waals surface area (Å²) in [7, 11) is 0. The molecule has 11 heavy (non-hydrogen) atoms. The molecule has 0 aromatic heterocycles. The Bertz CT molecular complexity index is 131. The molecule has 0 radical (unpaired) electrons. The van der Waals surface area contributed by atoms with Crippen LogP contribution in [-0.4, -0.2) is 24.8 Å². The molecule has 0 aromatic carbocycles. The molecule has 1 N–H and O–H groups in total. The van der Waals surface area contributed by atoms with Crippen molar-refractivity contribution < 1.29 is 4.74 Å². The minimum atomic E-state index is 0. The van der Waals surface area contributed by atoms with Crippen LogP contribution in [-0.2, 0) is 4.74 Å². The summed E-state index contributed by atoms with van der Waals surface area (Å²) in [5.41, 5.74) is 0. The minimum Gasteiger partial charge on any atom is -0.375 e. The molecule has 0 bridgehead atoms. The summed E-state index contributed by atoms with van der Waals surface area (Å²) in [6.07, 6.45) is 4.46. The summed E-state index contributed by atoms with van der Waals surface area (Å²) in [5, 5.41) is 3.55. The van der Waals surface area contributed by atoms with Gasteiger partial charge in [0.2, 0.25) is 0 Å². The van der Waals surface area contributed by atoms with Crippen LogP contribution in [0.5, 0.6) is 0 Å². The molecular formula is C8H16ClNO. The van der Waals surface area contributed by atoms with Crippen LogP contribution >= 0.6 is 12.4 Å². The zero-order valence-electron chi connectivity index (χ0n) is 6.88. The molecule has 2 fully saturated rings. The average molecular weight is 178 g/mol. The number of ether oxygens (including phenoxy) is 1. The summed E-state index contributed by atoms with van der Waals surface area (Å²) in [5.74, 6) is 0. The van der Waals surface area contributed by atoms with Crippen molar-refractivity contribution >= 4 is 12.4 Å². The van der Waals surface area contributed by atoms with Crippen molar-refractivity contribution in [2.75, 3.05) is 6.61 Å². The number of morpholine rings is 1. The van der Waals surface area contributed by atoms with Crippen LogP contribution in [0.15, 0.2) is 0 Å². The van der Waals surface area contributed by atoms with E-state index in [4.69, 9.17) is 4.74 Å². The highest BCUT2D eigenvalue weighted by Gasteiger charge is 2.32. The Morgan fingerprint density at radius 1 is 1.36 bits per heavy atom. The van der Waals surface area contributed by atoms with E-state index in [2.05, 4.69) is 12.2 Å². The predicted molar refractivity (Wildman–Crippen MR) is 47.2 cm³/mol. The highest BCUT2D eigenvalue weighted by molar-refractivity contribution is 5.85. The maximum absolute atomic E-state index is 5.65. The fraction of sp³-hybridized carbons (Fsp3) is 1.00. The minimum absolute atomic E-state index is 0. The van der Waals surface area contributed by atoms with Crippen LogP contribution in [0.25, 0.3) is 0 Å². The van der Waals surface area contributed by atoms with Crippen LogP contribution in [0, 0.1) is 0 Å². The summed E-state index contributed by atoms with van der Waals surface area (Å²) in [4.78, 5) is 0. The van der Waals surface area contributed by atoms with Crippen LogP contribution in [0.2, 0.25) is 0 Å². The maximum atomic E-state index is 5.65. The van der Waals surface area contributed by atoms with Gasteiger partial charge in [-0.15, -0.1) is 12.4 Å². The molecule has 1 aliphatic heterocycles. The Morgan fingerprint density at radius 2 is 2.18 bits per heavy atom. The lowest BCUT2D eigenvalue weighted by Crippen LogP contribution is -2.50. The number of rotatable bonds is 0. The molecule has 1 saturated carbocycles. The highest BCUT2D eigenvalue weighted by Crippen LogP contribution is 2.25. The summed E-state index contributed by atoms with van der Waals surface area (Å²) >= 11 is 0. The largest absolute Gasteiger partial charge is 0.375 e. The van der Waals surface area contributed by atoms with Crippen LogP contribution in [0.4, 0.5) is 0 Å². The van der Waals surface area contributed by atoms with E-state index in [1.807, 2.05) is 0 Å². The molecule has 66 valence electrons. The smallest absolute Gasteiger partial charge is 0.0728 e. The molecular weight excluding hydrogens is 162 g/mol. The molecule has 2 nitrogen and oxygen atoms in total. The first-order valence-electron chi connectivity index (χ1n) is 4.24. The first-order chi connectivity index (χ1) is 4.86. The zero-order chi connectivity index (χ0) is 6.97. The van der Waals surface area contributed by atoms with Gasteiger partial charge >= 0.3 is 0 Å². The summed E-state index contributed by atoms with van der Waals surface area (Å²) in [6.45, 7) is 3.09. The number of hydrogen-bond acceptors (Lipinski definition) is 2. The van der Waals surface area contributed by atoms with Gasteiger partial charge in [0, 0.05) is 12.1 Å². The van der Waals surface area contributed by atoms with Crippen molar-refractivity contribution in [3.8, 4) is 0 Å². The van der Waals surface area contributed by atoms with E-state index in [-0.39, 0.29) is 12.4 Å². The molecule has 1 saturated heterocycles. The SMILES string of the molecule is CC1CO[C@@H]2CCC[C@H]2N1.Cl. The average Bonchev–Trinajstić information content (AvgIpc) is 2.33. The Morgan fingerprint density at radius 3 is 3.00 bits per heavy atom. The lowest BCUT2D eigenvalue weighted by molar-refractivity contribution is -0.00939. The molecule has 2 rings (SSSR count). The second-order valence-corrected chi connectivity index (χ2v) is 3.48. The Kier molecular flexibility index (Phi) is 3.16. The van der Waals surface area contributed by atoms with Gasteiger partial charge in [0.1, 0.15) is 0 Å². The Balaban J connectivity index is 0.000000605. The van der Waals surface area contributed by atoms with Crippen molar-refractivity contribution in [1.29, 1.82) is 0 Å². The van der Waals surface area contributed by atoms with Gasteiger partial charge in [0.15, 0.2) is 0 Å². The van der Waals surface area contributed by atoms with Crippen LogP contribution < -0.4 is 5.32 Å². The maximum Gasteiger partial charge on any atom is 0.0728 e. The second-order valence-electron chi connectivity index (χ2n) is 3.48. The number of fused-ring (bicyclic) bond motifs is 1. The van der Waals surface area contributed by atoms with E-state index in [1.54, 1.807) is 0 Å². The van der Waals surface area contributed by atoms with E-state index in [9.17, 15) is 0 Å². The first-order valence-corrected chi connectivity index (χ1v) is 4.24. The number of halogens is 1. The summed E-state index contributed by atoms with van der Waals surface area (Å²) < 4.78 is 5.65. The van der Waals surface area contributed by atoms with Crippen molar-refractivity contribution in [3.63, 3.8) is 0 Å². The third-order valence-electron chi connectivity index (χ3n) is 2.51. The van der Waals surface area contributed by atoms with Gasteiger partial charge in [-0.3, -0.25) is 0 Å². The van der Waals surface area contributed by atoms with Crippen LogP contribution in [0.3, 0.4) is 0 Å². The molecule has 3 atom stereocenters. The summed E-state index contributed by atoms with van der Waals surface area (Å²) in [6, 6.07) is 1.24. The topological polar surface area (TPSA) is 21.3 Å². The van der Waals surface area contributed by atoms with E-state index >= 15 is 0 Å². The standard InChI is InChI=1S/C8H15NO.ClH/c1-6-5-10-8-4-2-3-7(8)9-6;/h6-9H,2-5H2,1H3;1H/t6?,7-,8-;/m1./s1. The van der Waals surface area contributed by atoms with Gasteiger partial charge in [-0.25, -0.2) is 0 Å². The Hall–Kier alpha value is 0.210. The third-order valence-corrected chi connectivity index (χ3v) is 2.51. The lowest BCUT2D eigenvalue weighted by Gasteiger charge is -2.31. The molecule has 0 spiro atoms. The number of nitrogens with one attached hydrogen (secondary N) is 1. The predicted octanol–water partition coefficient (Wildman–Crippen LogP) is 1.34. The van der Waals surface area contributed by atoms with Crippen molar-refractivity contribution in [3.05, 3.63) is 0 Å². The van der Waals surface area contributed by atoms with Gasteiger partial charge in [0.05, 0.1) is 12.7 Å². The van der Waals surface area contributed by atoms with Crippen LogP contribution in [0.1, 0.15) is 26.2 Å². The van der Waals surface area contributed by atoms with E-state index in [0.717, 1.165) is 6.61 Å². The monoisotopic (exact) mass is 177 g/mol. The quantitative estimate of drug-likeness (QED) is 0.603. The van der Waals surface area contributed by atoms with E-state index < -0.39 is 0 Å². The van der Waals surface area contributed by atoms with Crippen molar-refractivity contribution in [1.82, 2.24) is 5.32 Å². The highest BCUT2D eigenvalue weighted by atomic mass is 35.5. The first kappa shape index (κ1) is 9.30. The van der Waals surface area contributed by atoms with E-state index in [0.29, 0.717) is 18.2 Å². The van der Waals surface area contributed by atoms with Gasteiger partial charge in [-0.2, -0.15) is 0 Å². The van der Waals surface area contributed by atoms with Crippen molar-refractivity contribution in [2.24, 2.45) is 0 Å². The molecule has 0 amide bonds. The normalized spacial score (nSPS) is 42.8. The molecule has 1 heterocycles. The third kappa shape index (κ3) is 1.86. The van der Waals surface area contributed by atoms with Gasteiger partial charge < -0.3 is 10.1 Å². The lowest BCUT2D eigenvalue weighted by atomic mass is 10.1. The zero-order valence-corrected chi connectivity index (χ0v) is 7.69. The molecule has 0 aromatic rings. The second kappa shape index (κ2) is 3.74. The molecule has 2 aliphatic rings. The number of hydrogen-bond donors (Lipinski definition) is 1. The molecule has 3 heteroatoms. The fourth-order valence-corrected chi connectivity index (χ4v) is 2.00. The molecule has 1 unspecified atom stereocenters. The van der Waals surface area contributed by atoms with Gasteiger partial charge in [-0.1, -0.05) is 0 Å². The van der Waals surface area contributed by atoms with Crippen molar-refractivity contribution in [2.45, 2.75) is 44.4 Å². The Labute approximate surface area is 74.1 Å².